The van der Waals surface area contributed by atoms with Gasteiger partial charge in [0, 0.05) is 31.8 Å². The standard InChI is InChI=1S/C25H37N3O5S/c1-24(2,3)33-25(12-15-27-16-13-25)32-20-8-10-21(11-9-20)34(30,31)18-19-6-4-5-7-22(19)23(29)28-17-14-26/h8-11,19,22,27H,4-7,12-13,15-18H2,1-3H3,(H,28,29)/t19-,22+/m1/s1. The summed E-state index contributed by atoms with van der Waals surface area (Å²) in [6, 6.07) is 8.41. The van der Waals surface area contributed by atoms with Crippen molar-refractivity contribution in [1.82, 2.24) is 10.6 Å². The maximum absolute atomic E-state index is 13.2. The molecule has 0 aromatic heterocycles. The van der Waals surface area contributed by atoms with Crippen LogP contribution < -0.4 is 15.4 Å². The molecule has 1 aliphatic heterocycles. The van der Waals surface area contributed by atoms with E-state index in [1.807, 2.05) is 26.8 Å². The molecule has 1 saturated heterocycles. The highest BCUT2D eigenvalue weighted by atomic mass is 32.2. The SMILES string of the molecule is CC(C)(C)OC1(Oc2ccc(S(=O)(=O)C[C@H]3CCCC[C@@H]3C(=O)NCC#N)cc2)CCNCC1. The molecule has 2 aliphatic rings. The Kier molecular flexibility index (Phi) is 8.61. The minimum atomic E-state index is -3.58. The van der Waals surface area contributed by atoms with Crippen molar-refractivity contribution < 1.29 is 22.7 Å². The van der Waals surface area contributed by atoms with Gasteiger partial charge in [0.15, 0.2) is 9.84 Å². The Labute approximate surface area is 203 Å². The van der Waals surface area contributed by atoms with E-state index >= 15 is 0 Å². The Bertz CT molecular complexity index is 973. The number of amides is 1. The van der Waals surface area contributed by atoms with Crippen molar-refractivity contribution in [2.45, 2.75) is 75.6 Å². The van der Waals surface area contributed by atoms with Crippen LogP contribution in [-0.4, -0.2) is 51.1 Å². The van der Waals surface area contributed by atoms with Gasteiger partial charge >= 0.3 is 0 Å². The highest BCUT2D eigenvalue weighted by molar-refractivity contribution is 7.91. The Hall–Kier alpha value is -2.15. The van der Waals surface area contributed by atoms with E-state index in [0.29, 0.717) is 31.4 Å². The van der Waals surface area contributed by atoms with Crippen LogP contribution >= 0.6 is 0 Å². The molecule has 2 atom stereocenters. The Morgan fingerprint density at radius 2 is 1.82 bits per heavy atom. The first-order valence-electron chi connectivity index (χ1n) is 12.1. The number of piperidine rings is 1. The number of benzene rings is 1. The van der Waals surface area contributed by atoms with Crippen molar-refractivity contribution in [3.8, 4) is 11.8 Å². The van der Waals surface area contributed by atoms with Gasteiger partial charge < -0.3 is 20.1 Å². The van der Waals surface area contributed by atoms with Crippen molar-refractivity contribution in [3.63, 3.8) is 0 Å². The van der Waals surface area contributed by atoms with Crippen molar-refractivity contribution in [3.05, 3.63) is 24.3 Å². The lowest BCUT2D eigenvalue weighted by atomic mass is 9.80. The minimum absolute atomic E-state index is 0.0628. The second kappa shape index (κ2) is 11.1. The van der Waals surface area contributed by atoms with Crippen molar-refractivity contribution in [2.75, 3.05) is 25.4 Å². The highest BCUT2D eigenvalue weighted by Gasteiger charge is 2.39. The summed E-state index contributed by atoms with van der Waals surface area (Å²) in [5.74, 6) is -1.13. The van der Waals surface area contributed by atoms with Gasteiger partial charge in [0.25, 0.3) is 0 Å². The van der Waals surface area contributed by atoms with Crippen LogP contribution in [0, 0.1) is 23.2 Å². The van der Waals surface area contributed by atoms with Gasteiger partial charge in [-0.2, -0.15) is 5.26 Å². The number of hydrogen-bond donors (Lipinski definition) is 2. The Balaban J connectivity index is 1.71. The second-order valence-corrected chi connectivity index (χ2v) is 12.3. The van der Waals surface area contributed by atoms with E-state index in [2.05, 4.69) is 10.6 Å². The average Bonchev–Trinajstić information content (AvgIpc) is 2.77. The zero-order valence-electron chi connectivity index (χ0n) is 20.4. The molecule has 1 heterocycles. The van der Waals surface area contributed by atoms with Crippen molar-refractivity contribution in [1.29, 1.82) is 5.26 Å². The molecule has 3 rings (SSSR count). The largest absolute Gasteiger partial charge is 0.462 e. The molecule has 9 heteroatoms. The number of ether oxygens (including phenoxy) is 2. The fraction of sp³-hybridized carbons (Fsp3) is 0.680. The van der Waals surface area contributed by atoms with E-state index in [4.69, 9.17) is 14.7 Å². The Morgan fingerprint density at radius 3 is 2.44 bits per heavy atom. The molecule has 0 bridgehead atoms. The van der Waals surface area contributed by atoms with E-state index in [-0.39, 0.29) is 40.5 Å². The number of carbonyl (C=O) groups excluding carboxylic acids is 1. The van der Waals surface area contributed by atoms with Gasteiger partial charge in [-0.05, 0) is 63.8 Å². The predicted octanol–water partition coefficient (Wildman–Crippen LogP) is 3.18. The quantitative estimate of drug-likeness (QED) is 0.424. The summed E-state index contributed by atoms with van der Waals surface area (Å²) in [5, 5.41) is 14.6. The summed E-state index contributed by atoms with van der Waals surface area (Å²) in [7, 11) is -3.58. The first kappa shape index (κ1) is 26.5. The van der Waals surface area contributed by atoms with Crippen molar-refractivity contribution in [2.24, 2.45) is 11.8 Å². The molecule has 1 aromatic carbocycles. The minimum Gasteiger partial charge on any atom is -0.462 e. The van der Waals surface area contributed by atoms with Gasteiger partial charge in [-0.1, -0.05) is 12.8 Å². The number of sulfone groups is 1. The first-order chi connectivity index (χ1) is 16.0. The van der Waals surface area contributed by atoms with E-state index in [1.54, 1.807) is 24.3 Å². The van der Waals surface area contributed by atoms with E-state index in [9.17, 15) is 13.2 Å². The topological polar surface area (TPSA) is 118 Å². The van der Waals surface area contributed by atoms with Crippen LogP contribution in [0.4, 0.5) is 0 Å². The van der Waals surface area contributed by atoms with Crippen molar-refractivity contribution >= 4 is 15.7 Å². The summed E-state index contributed by atoms with van der Waals surface area (Å²) in [4.78, 5) is 12.7. The molecular formula is C25H37N3O5S. The third-order valence-electron chi connectivity index (χ3n) is 6.37. The van der Waals surface area contributed by atoms with Crippen LogP contribution in [-0.2, 0) is 19.4 Å². The number of rotatable bonds is 8. The van der Waals surface area contributed by atoms with Crippen LogP contribution in [0.15, 0.2) is 29.2 Å². The van der Waals surface area contributed by atoms with E-state index in [0.717, 1.165) is 25.9 Å². The normalized spacial score (nSPS) is 23.0. The van der Waals surface area contributed by atoms with Gasteiger partial charge in [0.1, 0.15) is 12.3 Å². The summed E-state index contributed by atoms with van der Waals surface area (Å²) in [5.41, 5.74) is -0.378. The molecule has 188 valence electrons. The van der Waals surface area contributed by atoms with Crippen LogP contribution in [0.25, 0.3) is 0 Å². The molecule has 1 saturated carbocycles. The molecule has 1 amide bonds. The van der Waals surface area contributed by atoms with E-state index < -0.39 is 15.6 Å². The van der Waals surface area contributed by atoms with Crippen LogP contribution in [0.1, 0.15) is 59.3 Å². The summed E-state index contributed by atoms with van der Waals surface area (Å²) in [6.07, 6.45) is 4.52. The van der Waals surface area contributed by atoms with Crippen LogP contribution in [0.2, 0.25) is 0 Å². The molecule has 8 nitrogen and oxygen atoms in total. The number of nitriles is 1. The van der Waals surface area contributed by atoms with Gasteiger partial charge in [-0.3, -0.25) is 4.79 Å². The molecule has 1 aliphatic carbocycles. The zero-order chi connectivity index (χ0) is 24.8. The molecule has 0 unspecified atom stereocenters. The lowest BCUT2D eigenvalue weighted by Gasteiger charge is -2.42. The Morgan fingerprint density at radius 1 is 1.18 bits per heavy atom. The summed E-state index contributed by atoms with van der Waals surface area (Å²) in [6.45, 7) is 7.49. The number of nitrogens with one attached hydrogen (secondary N) is 2. The lowest BCUT2D eigenvalue weighted by Crippen LogP contribution is -2.51. The maximum atomic E-state index is 13.2. The van der Waals surface area contributed by atoms with Gasteiger partial charge in [-0.25, -0.2) is 8.42 Å². The molecule has 0 radical (unpaired) electrons. The highest BCUT2D eigenvalue weighted by Crippen LogP contribution is 2.34. The van der Waals surface area contributed by atoms with Crippen LogP contribution in [0.3, 0.4) is 0 Å². The molecule has 34 heavy (non-hydrogen) atoms. The summed E-state index contributed by atoms with van der Waals surface area (Å²) < 4.78 is 38.9. The van der Waals surface area contributed by atoms with Gasteiger partial charge in [-0.15, -0.1) is 0 Å². The fourth-order valence-corrected chi connectivity index (χ4v) is 6.61. The number of hydrogen-bond acceptors (Lipinski definition) is 7. The average molecular weight is 492 g/mol. The number of carbonyl (C=O) groups is 1. The molecule has 0 spiro atoms. The fourth-order valence-electron chi connectivity index (χ4n) is 4.91. The molecule has 2 fully saturated rings. The monoisotopic (exact) mass is 491 g/mol. The molecular weight excluding hydrogens is 454 g/mol. The molecule has 2 N–H and O–H groups in total. The molecule has 1 aromatic rings. The van der Waals surface area contributed by atoms with Gasteiger partial charge in [0.05, 0.1) is 22.3 Å². The van der Waals surface area contributed by atoms with E-state index in [1.165, 1.54) is 0 Å². The number of nitrogens with zero attached hydrogens (tertiary/aromatic N) is 1. The van der Waals surface area contributed by atoms with Crippen LogP contribution in [0.5, 0.6) is 5.75 Å². The predicted molar refractivity (Wildman–Crippen MR) is 129 cm³/mol. The maximum Gasteiger partial charge on any atom is 0.224 e. The summed E-state index contributed by atoms with van der Waals surface area (Å²) >= 11 is 0. The lowest BCUT2D eigenvalue weighted by molar-refractivity contribution is -0.246. The third kappa shape index (κ3) is 7.17. The first-order valence-corrected chi connectivity index (χ1v) is 13.8. The van der Waals surface area contributed by atoms with Gasteiger partial charge in [0.2, 0.25) is 11.7 Å². The smallest absolute Gasteiger partial charge is 0.224 e. The zero-order valence-corrected chi connectivity index (χ0v) is 21.2. The second-order valence-electron chi connectivity index (χ2n) is 10.3. The third-order valence-corrected chi connectivity index (χ3v) is 8.22.